The monoisotopic (exact) mass is 160 g/mol. The Hall–Kier alpha value is -1.36. The van der Waals surface area contributed by atoms with Gasteiger partial charge in [0.25, 0.3) is 0 Å². The highest BCUT2D eigenvalue weighted by molar-refractivity contribution is 5.24. The van der Waals surface area contributed by atoms with E-state index in [0.29, 0.717) is 0 Å². The summed E-state index contributed by atoms with van der Waals surface area (Å²) >= 11 is 0. The maximum Gasteiger partial charge on any atom is 0.0856 e. The molecule has 0 N–H and O–H groups in total. The minimum atomic E-state index is -0.108. The summed E-state index contributed by atoms with van der Waals surface area (Å²) in [5.41, 5.74) is 3.02. The van der Waals surface area contributed by atoms with Crippen LogP contribution in [0.1, 0.15) is 29.8 Å². The Morgan fingerprint density at radius 1 is 1.42 bits per heavy atom. The van der Waals surface area contributed by atoms with Gasteiger partial charge in [-0.05, 0) is 38.5 Å². The third-order valence-corrected chi connectivity index (χ3v) is 1.75. The average molecular weight is 160 g/mol. The number of rotatable bonds is 1. The molecule has 0 aliphatic heterocycles. The summed E-state index contributed by atoms with van der Waals surface area (Å²) in [6.45, 7) is 5.82. The Labute approximate surface area is 72.9 Å². The Morgan fingerprint density at radius 3 is 2.58 bits per heavy atom. The van der Waals surface area contributed by atoms with E-state index in [1.165, 1.54) is 5.56 Å². The van der Waals surface area contributed by atoms with E-state index >= 15 is 0 Å². The lowest BCUT2D eigenvalue weighted by Gasteiger charge is -2.04. The first kappa shape index (κ1) is 8.73. The lowest BCUT2D eigenvalue weighted by atomic mass is 10.1. The first-order valence-electron chi connectivity index (χ1n) is 3.98. The highest BCUT2D eigenvalue weighted by Gasteiger charge is 2.05. The van der Waals surface area contributed by atoms with Gasteiger partial charge in [0.2, 0.25) is 0 Å². The molecule has 1 atom stereocenters. The van der Waals surface area contributed by atoms with Crippen molar-refractivity contribution in [2.24, 2.45) is 0 Å². The van der Waals surface area contributed by atoms with E-state index in [0.717, 1.165) is 11.4 Å². The van der Waals surface area contributed by atoms with Gasteiger partial charge in [-0.3, -0.25) is 4.98 Å². The van der Waals surface area contributed by atoms with Crippen LogP contribution in [0.2, 0.25) is 0 Å². The Bertz CT molecular complexity index is 303. The first-order chi connectivity index (χ1) is 5.63. The molecular weight excluding hydrogens is 148 g/mol. The highest BCUT2D eigenvalue weighted by atomic mass is 14.7. The fourth-order valence-electron chi connectivity index (χ4n) is 1.16. The van der Waals surface area contributed by atoms with Gasteiger partial charge in [0, 0.05) is 5.69 Å². The normalized spacial score (nSPS) is 12.2. The van der Waals surface area contributed by atoms with Crippen molar-refractivity contribution in [1.29, 1.82) is 5.26 Å². The van der Waals surface area contributed by atoms with Crippen LogP contribution in [0.25, 0.3) is 0 Å². The second kappa shape index (κ2) is 3.36. The van der Waals surface area contributed by atoms with Crippen molar-refractivity contribution in [2.45, 2.75) is 26.7 Å². The zero-order valence-electron chi connectivity index (χ0n) is 7.63. The number of nitrogens with zero attached hydrogens (tertiary/aromatic N) is 2. The predicted molar refractivity (Wildman–Crippen MR) is 47.7 cm³/mol. The van der Waals surface area contributed by atoms with Crippen LogP contribution in [-0.4, -0.2) is 4.98 Å². The van der Waals surface area contributed by atoms with Crippen LogP contribution < -0.4 is 0 Å². The molecule has 12 heavy (non-hydrogen) atoms. The lowest BCUT2D eigenvalue weighted by Crippen LogP contribution is -1.96. The summed E-state index contributed by atoms with van der Waals surface area (Å²) in [4.78, 5) is 4.28. The van der Waals surface area contributed by atoms with E-state index in [1.807, 2.05) is 32.9 Å². The van der Waals surface area contributed by atoms with Crippen molar-refractivity contribution >= 4 is 0 Å². The number of aromatic nitrogens is 1. The van der Waals surface area contributed by atoms with Crippen molar-refractivity contribution in [3.63, 3.8) is 0 Å². The predicted octanol–water partition coefficient (Wildman–Crippen LogP) is 2.33. The van der Waals surface area contributed by atoms with E-state index in [-0.39, 0.29) is 5.92 Å². The van der Waals surface area contributed by atoms with Gasteiger partial charge in [-0.15, -0.1) is 0 Å². The number of aryl methyl sites for hydroxylation is 2. The number of pyridine rings is 1. The number of hydrogen-bond acceptors (Lipinski definition) is 2. The van der Waals surface area contributed by atoms with Crippen molar-refractivity contribution in [1.82, 2.24) is 4.98 Å². The topological polar surface area (TPSA) is 36.7 Å². The summed E-state index contributed by atoms with van der Waals surface area (Å²) in [5.74, 6) is -0.108. The van der Waals surface area contributed by atoms with E-state index in [9.17, 15) is 0 Å². The maximum absolute atomic E-state index is 8.68. The molecule has 1 aromatic rings. The van der Waals surface area contributed by atoms with Gasteiger partial charge >= 0.3 is 0 Å². The third kappa shape index (κ3) is 1.82. The molecule has 62 valence electrons. The molecule has 0 fully saturated rings. The number of hydrogen-bond donors (Lipinski definition) is 0. The molecule has 0 radical (unpaired) electrons. The second-order valence-electron chi connectivity index (χ2n) is 3.06. The summed E-state index contributed by atoms with van der Waals surface area (Å²) in [6, 6.07) is 6.14. The summed E-state index contributed by atoms with van der Waals surface area (Å²) in [7, 11) is 0. The lowest BCUT2D eigenvalue weighted by molar-refractivity contribution is 0.902. The van der Waals surface area contributed by atoms with Crippen LogP contribution in [0.5, 0.6) is 0 Å². The Kier molecular flexibility index (Phi) is 2.44. The van der Waals surface area contributed by atoms with Crippen LogP contribution in [0, 0.1) is 25.2 Å². The van der Waals surface area contributed by atoms with Crippen LogP contribution in [-0.2, 0) is 0 Å². The molecule has 0 saturated carbocycles. The van der Waals surface area contributed by atoms with E-state index in [4.69, 9.17) is 5.26 Å². The van der Waals surface area contributed by atoms with E-state index in [1.54, 1.807) is 0 Å². The molecule has 1 heterocycles. The van der Waals surface area contributed by atoms with E-state index in [2.05, 4.69) is 11.1 Å². The first-order valence-corrected chi connectivity index (χ1v) is 3.98. The van der Waals surface area contributed by atoms with Crippen LogP contribution in [0.4, 0.5) is 0 Å². The molecular formula is C10H12N2. The fraction of sp³-hybridized carbons (Fsp3) is 0.400. The molecule has 2 heteroatoms. The van der Waals surface area contributed by atoms with Crippen LogP contribution in [0.15, 0.2) is 12.1 Å². The van der Waals surface area contributed by atoms with Crippen LogP contribution in [0.3, 0.4) is 0 Å². The van der Waals surface area contributed by atoms with E-state index < -0.39 is 0 Å². The van der Waals surface area contributed by atoms with Crippen molar-refractivity contribution < 1.29 is 0 Å². The smallest absolute Gasteiger partial charge is 0.0856 e. The van der Waals surface area contributed by atoms with Gasteiger partial charge in [-0.25, -0.2) is 0 Å². The molecule has 0 spiro atoms. The van der Waals surface area contributed by atoms with Crippen molar-refractivity contribution in [3.8, 4) is 6.07 Å². The minimum Gasteiger partial charge on any atom is -0.257 e. The molecule has 0 aliphatic carbocycles. The van der Waals surface area contributed by atoms with Crippen molar-refractivity contribution in [2.75, 3.05) is 0 Å². The van der Waals surface area contributed by atoms with Crippen molar-refractivity contribution in [3.05, 3.63) is 29.1 Å². The number of nitriles is 1. The molecule has 0 amide bonds. The molecule has 1 aromatic heterocycles. The maximum atomic E-state index is 8.68. The molecule has 0 aliphatic rings. The minimum absolute atomic E-state index is 0.108. The van der Waals surface area contributed by atoms with Crippen LogP contribution >= 0.6 is 0 Å². The molecule has 0 saturated heterocycles. The Balaban J connectivity index is 3.10. The zero-order chi connectivity index (χ0) is 9.14. The summed E-state index contributed by atoms with van der Waals surface area (Å²) in [6.07, 6.45) is 0. The standard InChI is InChI=1S/C10H12N2/c1-7-4-9(3)12-10(5-7)8(2)6-11/h4-5,8H,1-3H3. The highest BCUT2D eigenvalue weighted by Crippen LogP contribution is 2.13. The zero-order valence-corrected chi connectivity index (χ0v) is 7.63. The fourth-order valence-corrected chi connectivity index (χ4v) is 1.16. The third-order valence-electron chi connectivity index (χ3n) is 1.75. The molecule has 1 unspecified atom stereocenters. The average Bonchev–Trinajstić information content (AvgIpc) is 2.01. The SMILES string of the molecule is Cc1cc(C)nc(C(C)C#N)c1. The van der Waals surface area contributed by atoms with Gasteiger partial charge in [0.05, 0.1) is 17.7 Å². The molecule has 1 rings (SSSR count). The Morgan fingerprint density at radius 2 is 2.08 bits per heavy atom. The van der Waals surface area contributed by atoms with Gasteiger partial charge in [-0.2, -0.15) is 5.26 Å². The summed E-state index contributed by atoms with van der Waals surface area (Å²) in [5, 5.41) is 8.68. The van der Waals surface area contributed by atoms with Gasteiger partial charge < -0.3 is 0 Å². The second-order valence-corrected chi connectivity index (χ2v) is 3.06. The van der Waals surface area contributed by atoms with Gasteiger partial charge in [-0.1, -0.05) is 0 Å². The van der Waals surface area contributed by atoms with Gasteiger partial charge in [0.1, 0.15) is 0 Å². The largest absolute Gasteiger partial charge is 0.257 e. The van der Waals surface area contributed by atoms with Gasteiger partial charge in [0.15, 0.2) is 0 Å². The summed E-state index contributed by atoms with van der Waals surface area (Å²) < 4.78 is 0. The molecule has 2 nitrogen and oxygen atoms in total. The molecule has 0 bridgehead atoms. The quantitative estimate of drug-likeness (QED) is 0.632. The molecule has 0 aromatic carbocycles.